The van der Waals surface area contributed by atoms with Gasteiger partial charge in [0.2, 0.25) is 5.91 Å². The summed E-state index contributed by atoms with van der Waals surface area (Å²) in [6, 6.07) is 0.401. The van der Waals surface area contributed by atoms with E-state index in [9.17, 15) is 4.79 Å². The zero-order valence-electron chi connectivity index (χ0n) is 13.3. The van der Waals surface area contributed by atoms with Gasteiger partial charge in [0.15, 0.2) is 0 Å². The lowest BCUT2D eigenvalue weighted by atomic mass is 10.1. The van der Waals surface area contributed by atoms with Crippen LogP contribution in [0.25, 0.3) is 0 Å². The van der Waals surface area contributed by atoms with Crippen molar-refractivity contribution in [3.63, 3.8) is 0 Å². The third-order valence-corrected chi connectivity index (χ3v) is 4.12. The fourth-order valence-electron chi connectivity index (χ4n) is 2.90. The number of aryl methyl sites for hydroxylation is 1. The molecule has 0 radical (unpaired) electrons. The normalized spacial score (nSPS) is 16.9. The number of nitrogens with zero attached hydrogens (tertiary/aromatic N) is 2. The first-order chi connectivity index (χ1) is 10.1. The SMILES string of the molecule is Cc1cnc(CN(C)CCC(=O)NC2CCCCCC2)[nH]1. The lowest BCUT2D eigenvalue weighted by Crippen LogP contribution is -2.36. The van der Waals surface area contributed by atoms with Gasteiger partial charge in [-0.3, -0.25) is 9.69 Å². The lowest BCUT2D eigenvalue weighted by Gasteiger charge is -2.18. The molecule has 1 saturated carbocycles. The van der Waals surface area contributed by atoms with Crippen LogP contribution in [-0.4, -0.2) is 40.4 Å². The van der Waals surface area contributed by atoms with Crippen LogP contribution in [-0.2, 0) is 11.3 Å². The predicted molar refractivity (Wildman–Crippen MR) is 83.9 cm³/mol. The molecule has 1 heterocycles. The molecule has 0 unspecified atom stereocenters. The predicted octanol–water partition coefficient (Wildman–Crippen LogP) is 2.38. The summed E-state index contributed by atoms with van der Waals surface area (Å²) in [5.41, 5.74) is 1.07. The molecule has 0 saturated heterocycles. The minimum atomic E-state index is 0.185. The Hall–Kier alpha value is -1.36. The third kappa shape index (κ3) is 5.87. The fourth-order valence-corrected chi connectivity index (χ4v) is 2.90. The Bertz CT molecular complexity index is 435. The highest BCUT2D eigenvalue weighted by molar-refractivity contribution is 5.76. The molecule has 0 bridgehead atoms. The molecule has 1 aromatic rings. The van der Waals surface area contributed by atoms with Crippen molar-refractivity contribution in [2.45, 2.75) is 64.5 Å². The summed E-state index contributed by atoms with van der Waals surface area (Å²) in [4.78, 5) is 21.7. The van der Waals surface area contributed by atoms with Crippen LogP contribution in [0.5, 0.6) is 0 Å². The Morgan fingerprint density at radius 3 is 2.71 bits per heavy atom. The quantitative estimate of drug-likeness (QED) is 0.791. The Morgan fingerprint density at radius 2 is 2.10 bits per heavy atom. The van der Waals surface area contributed by atoms with Gasteiger partial charge in [-0.25, -0.2) is 4.98 Å². The van der Waals surface area contributed by atoms with Gasteiger partial charge >= 0.3 is 0 Å². The van der Waals surface area contributed by atoms with Crippen molar-refractivity contribution in [2.75, 3.05) is 13.6 Å². The Morgan fingerprint density at radius 1 is 1.38 bits per heavy atom. The highest BCUT2D eigenvalue weighted by atomic mass is 16.1. The van der Waals surface area contributed by atoms with Gasteiger partial charge in [0.05, 0.1) is 6.54 Å². The van der Waals surface area contributed by atoms with Crippen molar-refractivity contribution in [1.82, 2.24) is 20.2 Å². The summed E-state index contributed by atoms with van der Waals surface area (Å²) >= 11 is 0. The third-order valence-electron chi connectivity index (χ3n) is 4.12. The maximum atomic E-state index is 12.0. The van der Waals surface area contributed by atoms with Crippen LogP contribution in [0, 0.1) is 6.92 Å². The van der Waals surface area contributed by atoms with Gasteiger partial charge in [-0.05, 0) is 26.8 Å². The average molecular weight is 292 g/mol. The number of H-pyrrole nitrogens is 1. The highest BCUT2D eigenvalue weighted by Crippen LogP contribution is 2.17. The van der Waals surface area contributed by atoms with Gasteiger partial charge in [0.1, 0.15) is 5.82 Å². The Kier molecular flexibility index (Phi) is 6.23. The topological polar surface area (TPSA) is 61.0 Å². The van der Waals surface area contributed by atoms with Crippen molar-refractivity contribution in [3.8, 4) is 0 Å². The van der Waals surface area contributed by atoms with Gasteiger partial charge < -0.3 is 10.3 Å². The standard InChI is InChI=1S/C16H28N4O/c1-13-11-17-15(18-13)12-20(2)10-9-16(21)19-14-7-5-3-4-6-8-14/h11,14H,3-10,12H2,1-2H3,(H,17,18)(H,19,21). The number of imidazole rings is 1. The molecule has 2 rings (SSSR count). The number of carbonyl (C=O) groups is 1. The van der Waals surface area contributed by atoms with E-state index in [-0.39, 0.29) is 5.91 Å². The summed E-state index contributed by atoms with van der Waals surface area (Å²) in [6.45, 7) is 3.51. The zero-order chi connectivity index (χ0) is 15.1. The van der Waals surface area contributed by atoms with E-state index in [1.165, 1.54) is 25.7 Å². The molecule has 1 aliphatic carbocycles. The molecule has 0 atom stereocenters. The molecular formula is C16H28N4O. The van der Waals surface area contributed by atoms with Crippen LogP contribution in [0.3, 0.4) is 0 Å². The molecule has 5 nitrogen and oxygen atoms in total. The van der Waals surface area contributed by atoms with Crippen LogP contribution >= 0.6 is 0 Å². The van der Waals surface area contributed by atoms with E-state index in [0.29, 0.717) is 12.5 Å². The van der Waals surface area contributed by atoms with Gasteiger partial charge in [-0.1, -0.05) is 25.7 Å². The fraction of sp³-hybridized carbons (Fsp3) is 0.750. The number of aromatic amines is 1. The number of nitrogens with one attached hydrogen (secondary N) is 2. The van der Waals surface area contributed by atoms with E-state index in [4.69, 9.17) is 0 Å². The highest BCUT2D eigenvalue weighted by Gasteiger charge is 2.15. The Labute approximate surface area is 127 Å². The minimum Gasteiger partial charge on any atom is -0.353 e. The Balaban J connectivity index is 1.65. The maximum absolute atomic E-state index is 12.0. The van der Waals surface area contributed by atoms with E-state index >= 15 is 0 Å². The first-order valence-corrected chi connectivity index (χ1v) is 8.12. The van der Waals surface area contributed by atoms with Crippen molar-refractivity contribution in [3.05, 3.63) is 17.7 Å². The molecule has 0 aliphatic heterocycles. The number of hydrogen-bond acceptors (Lipinski definition) is 3. The number of hydrogen-bond donors (Lipinski definition) is 2. The van der Waals surface area contributed by atoms with Crippen molar-refractivity contribution >= 4 is 5.91 Å². The van der Waals surface area contributed by atoms with Gasteiger partial charge in [-0.2, -0.15) is 0 Å². The van der Waals surface area contributed by atoms with E-state index < -0.39 is 0 Å². The molecule has 2 N–H and O–H groups in total. The maximum Gasteiger partial charge on any atom is 0.221 e. The number of aromatic nitrogens is 2. The van der Waals surface area contributed by atoms with Gasteiger partial charge in [0, 0.05) is 30.9 Å². The van der Waals surface area contributed by atoms with Crippen molar-refractivity contribution in [1.29, 1.82) is 0 Å². The number of amides is 1. The molecular weight excluding hydrogens is 264 g/mol. The molecule has 1 fully saturated rings. The smallest absolute Gasteiger partial charge is 0.221 e. The second-order valence-electron chi connectivity index (χ2n) is 6.26. The summed E-state index contributed by atoms with van der Waals surface area (Å²) in [5.74, 6) is 1.14. The van der Waals surface area contributed by atoms with Gasteiger partial charge in [-0.15, -0.1) is 0 Å². The second-order valence-corrected chi connectivity index (χ2v) is 6.26. The number of rotatable bonds is 6. The molecule has 1 aliphatic rings. The minimum absolute atomic E-state index is 0.185. The van der Waals surface area contributed by atoms with Gasteiger partial charge in [0.25, 0.3) is 0 Å². The summed E-state index contributed by atoms with van der Waals surface area (Å²) in [6.07, 6.45) is 9.83. The molecule has 1 amide bonds. The van der Waals surface area contributed by atoms with Crippen LogP contribution in [0.1, 0.15) is 56.5 Å². The van der Waals surface area contributed by atoms with E-state index in [2.05, 4.69) is 20.2 Å². The van der Waals surface area contributed by atoms with Crippen molar-refractivity contribution in [2.24, 2.45) is 0 Å². The zero-order valence-corrected chi connectivity index (χ0v) is 13.3. The summed E-state index contributed by atoms with van der Waals surface area (Å²) in [5, 5.41) is 3.19. The first kappa shape index (κ1) is 16.0. The van der Waals surface area contributed by atoms with Crippen LogP contribution < -0.4 is 5.32 Å². The first-order valence-electron chi connectivity index (χ1n) is 8.12. The van der Waals surface area contributed by atoms with E-state index in [1.807, 2.05) is 20.2 Å². The van der Waals surface area contributed by atoms with E-state index in [0.717, 1.165) is 37.4 Å². The van der Waals surface area contributed by atoms with Crippen LogP contribution in [0.2, 0.25) is 0 Å². The number of carbonyl (C=O) groups excluding carboxylic acids is 1. The molecule has 21 heavy (non-hydrogen) atoms. The largest absolute Gasteiger partial charge is 0.353 e. The molecule has 0 spiro atoms. The average Bonchev–Trinajstić information content (AvgIpc) is 2.70. The molecule has 1 aromatic heterocycles. The summed E-state index contributed by atoms with van der Waals surface area (Å²) < 4.78 is 0. The van der Waals surface area contributed by atoms with Crippen LogP contribution in [0.4, 0.5) is 0 Å². The van der Waals surface area contributed by atoms with Crippen molar-refractivity contribution < 1.29 is 4.79 Å². The summed E-state index contributed by atoms with van der Waals surface area (Å²) in [7, 11) is 2.02. The monoisotopic (exact) mass is 292 g/mol. The molecule has 5 heteroatoms. The second kappa shape index (κ2) is 8.17. The molecule has 118 valence electrons. The van der Waals surface area contributed by atoms with E-state index in [1.54, 1.807) is 0 Å². The molecule has 0 aromatic carbocycles. The van der Waals surface area contributed by atoms with Crippen LogP contribution in [0.15, 0.2) is 6.20 Å². The lowest BCUT2D eigenvalue weighted by molar-refractivity contribution is -0.122.